The Balaban J connectivity index is 2.06. The van der Waals surface area contributed by atoms with Crippen LogP contribution in [0.3, 0.4) is 0 Å². The van der Waals surface area contributed by atoms with E-state index in [1.54, 1.807) is 12.1 Å². The van der Waals surface area contributed by atoms with Crippen LogP contribution in [0.15, 0.2) is 53.4 Å². The summed E-state index contributed by atoms with van der Waals surface area (Å²) < 4.78 is 52.7. The minimum Gasteiger partial charge on any atom is -0.449 e. The average Bonchev–Trinajstić information content (AvgIpc) is 2.68. The number of carbonyl (C=O) groups excluding carboxylic acids is 2. The molecule has 1 amide bonds. The van der Waals surface area contributed by atoms with E-state index in [1.807, 2.05) is 6.07 Å². The molecular weight excluding hydrogens is 394 g/mol. The molecule has 0 radical (unpaired) electrons. The molecule has 146 valence electrons. The first-order valence-electron chi connectivity index (χ1n) is 7.80. The molecule has 28 heavy (non-hydrogen) atoms. The summed E-state index contributed by atoms with van der Waals surface area (Å²) in [4.78, 5) is 23.6. The summed E-state index contributed by atoms with van der Waals surface area (Å²) in [5.74, 6) is -5.21. The first-order valence-corrected chi connectivity index (χ1v) is 9.34. The van der Waals surface area contributed by atoms with Gasteiger partial charge in [0.15, 0.2) is 6.10 Å². The van der Waals surface area contributed by atoms with Crippen LogP contribution in [0, 0.1) is 11.3 Å². The molecule has 2 aromatic rings. The molecule has 1 unspecified atom stereocenters. The topological polar surface area (TPSA) is 113 Å². The van der Waals surface area contributed by atoms with Crippen LogP contribution in [-0.4, -0.2) is 32.2 Å². The van der Waals surface area contributed by atoms with Gasteiger partial charge in [-0.2, -0.15) is 14.0 Å². The number of nitrogens with zero attached hydrogens (tertiary/aromatic N) is 1. The van der Waals surface area contributed by atoms with Crippen LogP contribution in [0.4, 0.5) is 14.5 Å². The highest BCUT2D eigenvalue weighted by atomic mass is 32.2. The van der Waals surface area contributed by atoms with Crippen LogP contribution >= 0.6 is 0 Å². The average molecular weight is 408 g/mol. The Morgan fingerprint density at radius 2 is 1.71 bits per heavy atom. The van der Waals surface area contributed by atoms with E-state index in [2.05, 4.69) is 5.32 Å². The first kappa shape index (κ1) is 21.0. The molecule has 0 saturated carbocycles. The molecule has 0 aliphatic rings. The highest BCUT2D eigenvalue weighted by molar-refractivity contribution is 7.91. The number of alkyl halides is 2. The van der Waals surface area contributed by atoms with Gasteiger partial charge in [0.05, 0.1) is 21.7 Å². The maximum absolute atomic E-state index is 12.5. The monoisotopic (exact) mass is 408 g/mol. The molecule has 0 fully saturated rings. The molecule has 1 atom stereocenters. The van der Waals surface area contributed by atoms with E-state index >= 15 is 0 Å². The summed E-state index contributed by atoms with van der Waals surface area (Å²) in [5, 5.41) is 11.5. The highest BCUT2D eigenvalue weighted by Crippen LogP contribution is 2.19. The molecular formula is C18H14F2N2O5S. The van der Waals surface area contributed by atoms with Gasteiger partial charge in [-0.1, -0.05) is 12.1 Å². The molecule has 0 heterocycles. The van der Waals surface area contributed by atoms with Crippen LogP contribution in [0.25, 0.3) is 0 Å². The number of benzene rings is 2. The Labute approximate surface area is 159 Å². The number of halogens is 2. The predicted octanol–water partition coefficient (Wildman–Crippen LogP) is 2.74. The van der Waals surface area contributed by atoms with Crippen molar-refractivity contribution in [2.45, 2.75) is 23.7 Å². The second kappa shape index (κ2) is 8.58. The number of amides is 1. The molecule has 0 aliphatic carbocycles. The molecule has 7 nitrogen and oxygen atoms in total. The molecule has 1 N–H and O–H groups in total. The smallest absolute Gasteiger partial charge is 0.341 e. The molecule has 10 heteroatoms. The number of hydrogen-bond acceptors (Lipinski definition) is 6. The van der Waals surface area contributed by atoms with Crippen LogP contribution in [-0.2, 0) is 19.4 Å². The third-order valence-corrected chi connectivity index (χ3v) is 5.01. The maximum atomic E-state index is 12.5. The van der Waals surface area contributed by atoms with Crippen molar-refractivity contribution in [1.82, 2.24) is 0 Å². The number of nitrogens with one attached hydrogen (secondary N) is 1. The summed E-state index contributed by atoms with van der Waals surface area (Å²) in [6, 6.07) is 11.9. The second-order valence-corrected chi connectivity index (χ2v) is 7.44. The van der Waals surface area contributed by atoms with Gasteiger partial charge in [-0.3, -0.25) is 4.79 Å². The Morgan fingerprint density at radius 3 is 2.29 bits per heavy atom. The van der Waals surface area contributed by atoms with Gasteiger partial charge in [0.1, 0.15) is 6.07 Å². The van der Waals surface area contributed by atoms with E-state index in [1.165, 1.54) is 19.1 Å². The number of rotatable bonds is 6. The molecule has 2 rings (SSSR count). The fraction of sp³-hybridized carbons (Fsp3) is 0.167. The SMILES string of the molecule is CC(OC(=O)c1ccc(S(=O)(=O)C(F)F)cc1)C(=O)Nc1ccccc1C#N. The van der Waals surface area contributed by atoms with E-state index < -0.39 is 38.5 Å². The molecule has 0 aromatic heterocycles. The number of sulfone groups is 1. The van der Waals surface area contributed by atoms with Crippen molar-refractivity contribution in [1.29, 1.82) is 5.26 Å². The minimum absolute atomic E-state index is 0.120. The van der Waals surface area contributed by atoms with Crippen molar-refractivity contribution in [3.05, 3.63) is 59.7 Å². The van der Waals surface area contributed by atoms with E-state index in [-0.39, 0.29) is 16.8 Å². The van der Waals surface area contributed by atoms with Gasteiger partial charge in [0.25, 0.3) is 5.91 Å². The van der Waals surface area contributed by atoms with E-state index in [0.717, 1.165) is 24.3 Å². The first-order chi connectivity index (χ1) is 13.2. The fourth-order valence-electron chi connectivity index (χ4n) is 2.09. The minimum atomic E-state index is -4.77. The maximum Gasteiger partial charge on any atom is 0.341 e. The number of carbonyl (C=O) groups is 2. The van der Waals surface area contributed by atoms with Crippen LogP contribution in [0.1, 0.15) is 22.8 Å². The third kappa shape index (κ3) is 4.69. The second-order valence-electron chi connectivity index (χ2n) is 5.52. The van der Waals surface area contributed by atoms with Crippen molar-refractivity contribution in [2.75, 3.05) is 5.32 Å². The van der Waals surface area contributed by atoms with Crippen molar-refractivity contribution >= 4 is 27.4 Å². The Bertz CT molecular complexity index is 1030. The number of esters is 1. The standard InChI is InChI=1S/C18H14F2N2O5S/c1-11(16(23)22-15-5-3-2-4-13(15)10-21)27-17(24)12-6-8-14(9-7-12)28(25,26)18(19)20/h2-9,11,18H,1H3,(H,22,23). The lowest BCUT2D eigenvalue weighted by atomic mass is 10.2. The molecule has 0 spiro atoms. The summed E-state index contributed by atoms with van der Waals surface area (Å²) in [7, 11) is -4.77. The lowest BCUT2D eigenvalue weighted by Crippen LogP contribution is -2.30. The van der Waals surface area contributed by atoms with Gasteiger partial charge < -0.3 is 10.1 Å². The van der Waals surface area contributed by atoms with Gasteiger partial charge >= 0.3 is 11.7 Å². The third-order valence-electron chi connectivity index (χ3n) is 3.61. The molecule has 0 saturated heterocycles. The fourth-order valence-corrected chi connectivity index (χ4v) is 2.81. The normalized spacial score (nSPS) is 12.1. The van der Waals surface area contributed by atoms with Gasteiger partial charge in [0, 0.05) is 0 Å². The number of hydrogen-bond donors (Lipinski definition) is 1. The number of nitriles is 1. The quantitative estimate of drug-likeness (QED) is 0.736. The lowest BCUT2D eigenvalue weighted by molar-refractivity contribution is -0.123. The van der Waals surface area contributed by atoms with Crippen molar-refractivity contribution in [3.63, 3.8) is 0 Å². The van der Waals surface area contributed by atoms with E-state index in [9.17, 15) is 26.8 Å². The number of para-hydroxylation sites is 1. The summed E-state index contributed by atoms with van der Waals surface area (Å²) in [6.07, 6.45) is -1.23. The van der Waals surface area contributed by atoms with Gasteiger partial charge in [-0.15, -0.1) is 0 Å². The Morgan fingerprint density at radius 1 is 1.11 bits per heavy atom. The molecule has 0 bridgehead atoms. The Hall–Kier alpha value is -3.32. The summed E-state index contributed by atoms with van der Waals surface area (Å²) in [5.41, 5.74) is 0.356. The number of ether oxygens (including phenoxy) is 1. The van der Waals surface area contributed by atoms with Crippen molar-refractivity contribution in [2.24, 2.45) is 0 Å². The zero-order valence-electron chi connectivity index (χ0n) is 14.4. The molecule has 0 aliphatic heterocycles. The zero-order valence-corrected chi connectivity index (χ0v) is 15.2. The summed E-state index contributed by atoms with van der Waals surface area (Å²) >= 11 is 0. The van der Waals surface area contributed by atoms with Gasteiger partial charge in [-0.25, -0.2) is 13.2 Å². The molecule has 2 aromatic carbocycles. The van der Waals surface area contributed by atoms with E-state index in [4.69, 9.17) is 10.00 Å². The van der Waals surface area contributed by atoms with E-state index in [0.29, 0.717) is 0 Å². The van der Waals surface area contributed by atoms with Gasteiger partial charge in [0.2, 0.25) is 9.84 Å². The lowest BCUT2D eigenvalue weighted by Gasteiger charge is -2.14. The van der Waals surface area contributed by atoms with Crippen molar-refractivity contribution in [3.8, 4) is 6.07 Å². The van der Waals surface area contributed by atoms with Crippen LogP contribution in [0.5, 0.6) is 0 Å². The number of anilines is 1. The predicted molar refractivity (Wildman–Crippen MR) is 94.3 cm³/mol. The van der Waals surface area contributed by atoms with Gasteiger partial charge in [-0.05, 0) is 43.3 Å². The van der Waals surface area contributed by atoms with Crippen molar-refractivity contribution < 1.29 is 31.5 Å². The highest BCUT2D eigenvalue weighted by Gasteiger charge is 2.27. The van der Waals surface area contributed by atoms with Crippen LogP contribution < -0.4 is 5.32 Å². The zero-order chi connectivity index (χ0) is 20.9. The van der Waals surface area contributed by atoms with Crippen LogP contribution in [0.2, 0.25) is 0 Å². The largest absolute Gasteiger partial charge is 0.449 e. The summed E-state index contributed by atoms with van der Waals surface area (Å²) in [6.45, 7) is 1.30. The Kier molecular flexibility index (Phi) is 6.43.